The lowest BCUT2D eigenvalue weighted by molar-refractivity contribution is 0.0924. The Morgan fingerprint density at radius 1 is 0.829 bits per heavy atom. The van der Waals surface area contributed by atoms with Crippen molar-refractivity contribution in [2.24, 2.45) is 0 Å². The van der Waals surface area contributed by atoms with Crippen molar-refractivity contribution in [3.8, 4) is 11.3 Å². The van der Waals surface area contributed by atoms with Gasteiger partial charge in [0.1, 0.15) is 0 Å². The fraction of sp³-hybridized carbons (Fsp3) is 0. The molecule has 0 atom stereocenters. The van der Waals surface area contributed by atoms with Crippen LogP contribution in [0.2, 0.25) is 0 Å². The van der Waals surface area contributed by atoms with Gasteiger partial charge in [0.25, 0.3) is 17.7 Å². The number of carbonyl (C=O) groups excluding carboxylic acids is 3. The number of aromatic nitrogens is 3. The minimum atomic E-state index is -0.405. The third-order valence-electron chi connectivity index (χ3n) is 5.81. The molecule has 0 spiro atoms. The molecule has 8 heteroatoms. The third-order valence-corrected chi connectivity index (χ3v) is 5.81. The Hall–Kier alpha value is -5.11. The minimum Gasteiger partial charge on any atom is -0.322 e. The summed E-state index contributed by atoms with van der Waals surface area (Å²) in [5.41, 5.74) is 3.51. The molecule has 0 bridgehead atoms. The van der Waals surface area contributed by atoms with Gasteiger partial charge in [0.2, 0.25) is 5.78 Å². The molecule has 0 fully saturated rings. The van der Waals surface area contributed by atoms with Crippen molar-refractivity contribution in [3.05, 3.63) is 114 Å². The van der Waals surface area contributed by atoms with Crippen molar-refractivity contribution in [3.63, 3.8) is 0 Å². The molecule has 1 N–H and O–H groups in total. The normalized spacial score (nSPS) is 12.7. The summed E-state index contributed by atoms with van der Waals surface area (Å²) in [6, 6.07) is 22.3. The average Bonchev–Trinajstić information content (AvgIpc) is 3.43. The molecular formula is C27H17N5O3. The summed E-state index contributed by atoms with van der Waals surface area (Å²) in [5.74, 6) is -0.588. The van der Waals surface area contributed by atoms with Crippen LogP contribution in [0.3, 0.4) is 0 Å². The van der Waals surface area contributed by atoms with Crippen LogP contribution in [-0.4, -0.2) is 32.1 Å². The number of rotatable bonds is 4. The highest BCUT2D eigenvalue weighted by Gasteiger charge is 2.36. The first-order valence-electron chi connectivity index (χ1n) is 10.9. The van der Waals surface area contributed by atoms with Crippen molar-refractivity contribution in [1.82, 2.24) is 14.4 Å². The van der Waals surface area contributed by atoms with Crippen molar-refractivity contribution in [2.45, 2.75) is 0 Å². The first-order chi connectivity index (χ1) is 17.1. The van der Waals surface area contributed by atoms with E-state index in [1.165, 1.54) is 6.07 Å². The zero-order valence-corrected chi connectivity index (χ0v) is 18.3. The average molecular weight is 459 g/mol. The number of imidazole rings is 1. The van der Waals surface area contributed by atoms with Crippen LogP contribution < -0.4 is 10.2 Å². The SMILES string of the molecule is O=C(Nc1cccc(-c2cn3cccnc3n2)c1)c1cccc(N2C(=O)c3ccccc3C2=O)c1. The Kier molecular flexibility index (Phi) is 4.70. The molecule has 0 saturated heterocycles. The quantitative estimate of drug-likeness (QED) is 0.401. The number of amides is 3. The highest BCUT2D eigenvalue weighted by atomic mass is 16.2. The van der Waals surface area contributed by atoms with E-state index >= 15 is 0 Å². The summed E-state index contributed by atoms with van der Waals surface area (Å²) in [4.78, 5) is 48.5. The molecule has 6 rings (SSSR count). The van der Waals surface area contributed by atoms with Gasteiger partial charge >= 0.3 is 0 Å². The van der Waals surface area contributed by atoms with Gasteiger partial charge in [-0.2, -0.15) is 0 Å². The van der Waals surface area contributed by atoms with Crippen LogP contribution in [0.15, 0.2) is 97.5 Å². The number of fused-ring (bicyclic) bond motifs is 2. The largest absolute Gasteiger partial charge is 0.322 e. The summed E-state index contributed by atoms with van der Waals surface area (Å²) in [6.45, 7) is 0. The number of imide groups is 1. The molecule has 0 saturated carbocycles. The molecule has 168 valence electrons. The summed E-state index contributed by atoms with van der Waals surface area (Å²) < 4.78 is 1.82. The zero-order valence-electron chi connectivity index (χ0n) is 18.3. The lowest BCUT2D eigenvalue weighted by atomic mass is 10.1. The van der Waals surface area contributed by atoms with Gasteiger partial charge < -0.3 is 5.32 Å². The van der Waals surface area contributed by atoms with Gasteiger partial charge in [0.15, 0.2) is 0 Å². The number of nitrogens with zero attached hydrogens (tertiary/aromatic N) is 4. The van der Waals surface area contributed by atoms with Crippen LogP contribution >= 0.6 is 0 Å². The van der Waals surface area contributed by atoms with E-state index in [0.717, 1.165) is 16.2 Å². The molecule has 0 radical (unpaired) electrons. The first kappa shape index (κ1) is 20.5. The van der Waals surface area contributed by atoms with Crippen LogP contribution in [0.25, 0.3) is 17.0 Å². The number of nitrogens with one attached hydrogen (secondary N) is 1. The first-order valence-corrected chi connectivity index (χ1v) is 10.9. The van der Waals surface area contributed by atoms with Crippen LogP contribution in [0.1, 0.15) is 31.1 Å². The molecule has 2 aromatic heterocycles. The molecule has 3 heterocycles. The molecule has 3 aromatic carbocycles. The fourth-order valence-corrected chi connectivity index (χ4v) is 4.14. The number of hydrogen-bond donors (Lipinski definition) is 1. The minimum absolute atomic E-state index is 0.321. The van der Waals surface area contributed by atoms with Crippen molar-refractivity contribution >= 4 is 34.9 Å². The van der Waals surface area contributed by atoms with E-state index in [4.69, 9.17) is 0 Å². The Bertz CT molecular complexity index is 1590. The number of benzene rings is 3. The Morgan fingerprint density at radius 3 is 2.37 bits per heavy atom. The summed E-state index contributed by atoms with van der Waals surface area (Å²) in [6.07, 6.45) is 5.42. The monoisotopic (exact) mass is 459 g/mol. The Morgan fingerprint density at radius 2 is 1.60 bits per heavy atom. The lowest BCUT2D eigenvalue weighted by Gasteiger charge is -2.15. The highest BCUT2D eigenvalue weighted by molar-refractivity contribution is 6.34. The predicted octanol–water partition coefficient (Wildman–Crippen LogP) is 4.45. The molecule has 1 aliphatic heterocycles. The Labute approximate surface area is 199 Å². The van der Waals surface area contributed by atoms with Gasteiger partial charge in [-0.25, -0.2) is 14.9 Å². The fourth-order valence-electron chi connectivity index (χ4n) is 4.14. The summed E-state index contributed by atoms with van der Waals surface area (Å²) in [5, 5.41) is 2.88. The van der Waals surface area contributed by atoms with E-state index in [9.17, 15) is 14.4 Å². The second kappa shape index (κ2) is 8.03. The second-order valence-electron chi connectivity index (χ2n) is 8.03. The van der Waals surface area contributed by atoms with Gasteiger partial charge in [-0.3, -0.25) is 18.8 Å². The summed E-state index contributed by atoms with van der Waals surface area (Å²) in [7, 11) is 0. The number of carbonyl (C=O) groups is 3. The second-order valence-corrected chi connectivity index (χ2v) is 8.03. The molecule has 0 unspecified atom stereocenters. The molecule has 8 nitrogen and oxygen atoms in total. The molecule has 5 aromatic rings. The van der Waals surface area contributed by atoms with E-state index in [2.05, 4.69) is 15.3 Å². The van der Waals surface area contributed by atoms with Crippen LogP contribution in [-0.2, 0) is 0 Å². The van der Waals surface area contributed by atoms with Crippen molar-refractivity contribution in [2.75, 3.05) is 10.2 Å². The van der Waals surface area contributed by atoms with Gasteiger partial charge in [0.05, 0.1) is 22.5 Å². The van der Waals surface area contributed by atoms with Crippen molar-refractivity contribution < 1.29 is 14.4 Å². The van der Waals surface area contributed by atoms with Gasteiger partial charge in [-0.15, -0.1) is 0 Å². The van der Waals surface area contributed by atoms with Crippen LogP contribution in [0.5, 0.6) is 0 Å². The predicted molar refractivity (Wildman–Crippen MR) is 130 cm³/mol. The molecule has 0 aliphatic carbocycles. The molecule has 1 aliphatic rings. The Balaban J connectivity index is 1.25. The third kappa shape index (κ3) is 3.53. The molecule has 35 heavy (non-hydrogen) atoms. The van der Waals surface area contributed by atoms with Crippen molar-refractivity contribution in [1.29, 1.82) is 0 Å². The van der Waals surface area contributed by atoms with Crippen LogP contribution in [0.4, 0.5) is 11.4 Å². The lowest BCUT2D eigenvalue weighted by Crippen LogP contribution is -2.29. The maximum absolute atomic E-state index is 13.0. The number of anilines is 2. The van der Waals surface area contributed by atoms with E-state index in [-0.39, 0.29) is 5.91 Å². The van der Waals surface area contributed by atoms with E-state index in [1.807, 2.05) is 41.1 Å². The maximum atomic E-state index is 13.0. The maximum Gasteiger partial charge on any atom is 0.266 e. The van der Waals surface area contributed by atoms with Gasteiger partial charge in [-0.05, 0) is 48.5 Å². The zero-order chi connectivity index (χ0) is 23.9. The van der Waals surface area contributed by atoms with Gasteiger partial charge in [-0.1, -0.05) is 30.3 Å². The van der Waals surface area contributed by atoms with Crippen LogP contribution in [0, 0.1) is 0 Å². The van der Waals surface area contributed by atoms with Gasteiger partial charge in [0, 0.05) is 35.4 Å². The topological polar surface area (TPSA) is 96.7 Å². The highest BCUT2D eigenvalue weighted by Crippen LogP contribution is 2.29. The molecular weight excluding hydrogens is 442 g/mol. The van der Waals surface area contributed by atoms with E-state index in [0.29, 0.717) is 33.8 Å². The smallest absolute Gasteiger partial charge is 0.266 e. The summed E-state index contributed by atoms with van der Waals surface area (Å²) >= 11 is 0. The van der Waals surface area contributed by atoms with E-state index in [1.54, 1.807) is 54.7 Å². The number of hydrogen-bond acceptors (Lipinski definition) is 5. The molecule has 3 amide bonds. The standard InChI is InChI=1S/C27H17N5O3/c33-24(29-19-8-3-6-17(14-19)23-16-31-13-5-12-28-27(31)30-23)18-7-4-9-20(15-18)32-25(34)21-10-1-2-11-22(21)26(32)35/h1-16H,(H,29,33). The van der Waals surface area contributed by atoms with E-state index < -0.39 is 11.8 Å².